The van der Waals surface area contributed by atoms with Gasteiger partial charge in [-0.3, -0.25) is 14.5 Å². The molecule has 2 aromatic rings. The summed E-state index contributed by atoms with van der Waals surface area (Å²) in [7, 11) is 0. The van der Waals surface area contributed by atoms with Crippen LogP contribution in [0.2, 0.25) is 0 Å². The van der Waals surface area contributed by atoms with Gasteiger partial charge in [0.1, 0.15) is 0 Å². The molecule has 1 aliphatic heterocycles. The predicted molar refractivity (Wildman–Crippen MR) is 109 cm³/mol. The van der Waals surface area contributed by atoms with Crippen molar-refractivity contribution in [1.82, 2.24) is 15.5 Å². The first-order valence-electron chi connectivity index (χ1n) is 9.96. The van der Waals surface area contributed by atoms with Crippen LogP contribution in [0.5, 0.6) is 0 Å². The molecule has 1 saturated heterocycles. The topological polar surface area (TPSA) is 70.7 Å². The van der Waals surface area contributed by atoms with Gasteiger partial charge < -0.3 is 15.4 Å². The third kappa shape index (κ3) is 6.53. The Morgan fingerprint density at radius 2 is 1.65 bits per heavy atom. The minimum Gasteiger partial charge on any atom is -0.379 e. The van der Waals surface area contributed by atoms with Gasteiger partial charge >= 0.3 is 6.18 Å². The molecule has 1 aliphatic rings. The highest BCUT2D eigenvalue weighted by molar-refractivity contribution is 6.02. The zero-order chi connectivity index (χ0) is 22.3. The Morgan fingerprint density at radius 3 is 2.32 bits per heavy atom. The van der Waals surface area contributed by atoms with Gasteiger partial charge in [-0.15, -0.1) is 0 Å². The van der Waals surface area contributed by atoms with E-state index >= 15 is 0 Å². The molecule has 0 bridgehead atoms. The lowest BCUT2D eigenvalue weighted by molar-refractivity contribution is -0.137. The van der Waals surface area contributed by atoms with Gasteiger partial charge in [0.05, 0.1) is 25.3 Å². The Bertz CT molecular complexity index is 895. The zero-order valence-electron chi connectivity index (χ0n) is 16.9. The van der Waals surface area contributed by atoms with Gasteiger partial charge in [-0.2, -0.15) is 13.2 Å². The third-order valence-electron chi connectivity index (χ3n) is 4.96. The molecule has 2 N–H and O–H groups in total. The van der Waals surface area contributed by atoms with E-state index in [0.717, 1.165) is 25.2 Å². The van der Waals surface area contributed by atoms with E-state index in [1.165, 1.54) is 12.1 Å². The van der Waals surface area contributed by atoms with E-state index in [2.05, 4.69) is 15.5 Å². The van der Waals surface area contributed by atoms with Gasteiger partial charge in [0.2, 0.25) is 5.91 Å². The second kappa shape index (κ2) is 10.4. The summed E-state index contributed by atoms with van der Waals surface area (Å²) in [4.78, 5) is 26.8. The van der Waals surface area contributed by atoms with Crippen LogP contribution in [-0.4, -0.2) is 62.7 Å². The standard InChI is InChI=1S/C22H24F3N3O3/c23-22(24,25)17-7-5-16(6-8-17)18-3-1-2-4-19(18)21(30)27-15-20(29)26-9-10-28-11-13-31-14-12-28/h1-8H,9-15H2,(H,26,29)(H,27,30). The fraction of sp³-hybridized carbons (Fsp3) is 0.364. The highest BCUT2D eigenvalue weighted by Crippen LogP contribution is 2.31. The smallest absolute Gasteiger partial charge is 0.379 e. The number of nitrogens with one attached hydrogen (secondary N) is 2. The molecule has 0 radical (unpaired) electrons. The number of hydrogen-bond donors (Lipinski definition) is 2. The Labute approximate surface area is 178 Å². The number of carbonyl (C=O) groups is 2. The minimum absolute atomic E-state index is 0.191. The molecule has 9 heteroatoms. The van der Waals surface area contributed by atoms with E-state index in [9.17, 15) is 22.8 Å². The fourth-order valence-electron chi connectivity index (χ4n) is 3.27. The van der Waals surface area contributed by atoms with E-state index in [4.69, 9.17) is 4.74 Å². The van der Waals surface area contributed by atoms with E-state index in [1.54, 1.807) is 24.3 Å². The van der Waals surface area contributed by atoms with Gasteiger partial charge in [-0.1, -0.05) is 30.3 Å². The van der Waals surface area contributed by atoms with Crippen LogP contribution in [0, 0.1) is 0 Å². The number of nitrogens with zero attached hydrogens (tertiary/aromatic N) is 1. The molecule has 1 fully saturated rings. The highest BCUT2D eigenvalue weighted by atomic mass is 19.4. The first-order valence-corrected chi connectivity index (χ1v) is 9.96. The van der Waals surface area contributed by atoms with Gasteiger partial charge in [0.25, 0.3) is 5.91 Å². The van der Waals surface area contributed by atoms with Crippen molar-refractivity contribution >= 4 is 11.8 Å². The molecule has 0 spiro atoms. The number of carbonyl (C=O) groups excluding carboxylic acids is 2. The van der Waals surface area contributed by atoms with Crippen LogP contribution in [0.3, 0.4) is 0 Å². The average Bonchev–Trinajstić information content (AvgIpc) is 2.78. The molecule has 0 atom stereocenters. The minimum atomic E-state index is -4.43. The van der Waals surface area contributed by atoms with E-state index in [-0.39, 0.29) is 18.0 Å². The molecule has 166 valence electrons. The molecule has 0 unspecified atom stereocenters. The molecule has 1 heterocycles. The number of alkyl halides is 3. The van der Waals surface area contributed by atoms with Crippen LogP contribution in [0.25, 0.3) is 11.1 Å². The fourth-order valence-corrected chi connectivity index (χ4v) is 3.27. The van der Waals surface area contributed by atoms with Crippen molar-refractivity contribution in [3.8, 4) is 11.1 Å². The third-order valence-corrected chi connectivity index (χ3v) is 4.96. The maximum Gasteiger partial charge on any atom is 0.416 e. The normalized spacial score (nSPS) is 14.8. The average molecular weight is 435 g/mol. The van der Waals surface area contributed by atoms with Gasteiger partial charge in [0, 0.05) is 31.7 Å². The molecular formula is C22H24F3N3O3. The largest absolute Gasteiger partial charge is 0.416 e. The number of ether oxygens (including phenoxy) is 1. The molecule has 3 rings (SSSR count). The summed E-state index contributed by atoms with van der Waals surface area (Å²) in [5.41, 5.74) is 0.491. The second-order valence-corrected chi connectivity index (χ2v) is 7.11. The molecule has 6 nitrogen and oxygen atoms in total. The maximum atomic E-state index is 12.8. The van der Waals surface area contributed by atoms with E-state index in [1.807, 2.05) is 0 Å². The number of rotatable bonds is 7. The number of morpholine rings is 1. The second-order valence-electron chi connectivity index (χ2n) is 7.11. The number of hydrogen-bond acceptors (Lipinski definition) is 4. The summed E-state index contributed by atoms with van der Waals surface area (Å²) in [6.45, 7) is 4.01. The summed E-state index contributed by atoms with van der Waals surface area (Å²) in [5, 5.41) is 5.33. The molecular weight excluding hydrogens is 411 g/mol. The zero-order valence-corrected chi connectivity index (χ0v) is 16.9. The van der Waals surface area contributed by atoms with Crippen molar-refractivity contribution in [2.75, 3.05) is 45.9 Å². The van der Waals surface area contributed by atoms with Crippen molar-refractivity contribution in [3.63, 3.8) is 0 Å². The van der Waals surface area contributed by atoms with Crippen LogP contribution < -0.4 is 10.6 Å². The predicted octanol–water partition coefficient (Wildman–Crippen LogP) is 2.55. The van der Waals surface area contributed by atoms with Crippen molar-refractivity contribution < 1.29 is 27.5 Å². The SMILES string of the molecule is O=C(CNC(=O)c1ccccc1-c1ccc(C(F)(F)F)cc1)NCCN1CCOCC1. The Kier molecular flexibility index (Phi) is 7.64. The van der Waals surface area contributed by atoms with Crippen LogP contribution in [-0.2, 0) is 15.7 Å². The van der Waals surface area contributed by atoms with Crippen molar-refractivity contribution in [3.05, 3.63) is 59.7 Å². The van der Waals surface area contributed by atoms with Crippen LogP contribution in [0.4, 0.5) is 13.2 Å². The lowest BCUT2D eigenvalue weighted by Crippen LogP contribution is -2.43. The van der Waals surface area contributed by atoms with Crippen molar-refractivity contribution in [2.45, 2.75) is 6.18 Å². The number of amides is 2. The van der Waals surface area contributed by atoms with E-state index < -0.39 is 17.6 Å². The molecule has 2 aromatic carbocycles. The highest BCUT2D eigenvalue weighted by Gasteiger charge is 2.30. The molecule has 31 heavy (non-hydrogen) atoms. The Hall–Kier alpha value is -2.91. The van der Waals surface area contributed by atoms with Gasteiger partial charge in [-0.05, 0) is 29.3 Å². The maximum absolute atomic E-state index is 12.8. The quantitative estimate of drug-likeness (QED) is 0.702. The van der Waals surface area contributed by atoms with E-state index in [0.29, 0.717) is 37.4 Å². The molecule has 0 saturated carbocycles. The monoisotopic (exact) mass is 435 g/mol. The lowest BCUT2D eigenvalue weighted by atomic mass is 9.98. The summed E-state index contributed by atoms with van der Waals surface area (Å²) in [5.74, 6) is -0.785. The molecule has 0 aromatic heterocycles. The Morgan fingerprint density at radius 1 is 0.968 bits per heavy atom. The molecule has 2 amide bonds. The lowest BCUT2D eigenvalue weighted by Gasteiger charge is -2.26. The summed E-state index contributed by atoms with van der Waals surface area (Å²) < 4.78 is 43.6. The first kappa shape index (κ1) is 22.8. The van der Waals surface area contributed by atoms with Crippen LogP contribution in [0.15, 0.2) is 48.5 Å². The summed E-state index contributed by atoms with van der Waals surface area (Å²) in [6.07, 6.45) is -4.43. The van der Waals surface area contributed by atoms with Crippen LogP contribution in [0.1, 0.15) is 15.9 Å². The van der Waals surface area contributed by atoms with Gasteiger partial charge in [-0.25, -0.2) is 0 Å². The van der Waals surface area contributed by atoms with Crippen molar-refractivity contribution in [1.29, 1.82) is 0 Å². The van der Waals surface area contributed by atoms with Gasteiger partial charge in [0.15, 0.2) is 0 Å². The number of benzene rings is 2. The summed E-state index contributed by atoms with van der Waals surface area (Å²) >= 11 is 0. The first-order chi connectivity index (χ1) is 14.8. The van der Waals surface area contributed by atoms with Crippen molar-refractivity contribution in [2.24, 2.45) is 0 Å². The Balaban J connectivity index is 1.55. The van der Waals surface area contributed by atoms with Crippen LogP contribution >= 0.6 is 0 Å². The summed E-state index contributed by atoms with van der Waals surface area (Å²) in [6, 6.07) is 11.2. The number of halogens is 3. The molecule has 0 aliphatic carbocycles.